The second-order valence-corrected chi connectivity index (χ2v) is 10.2. The SMILES string of the molecule is Cc1ccccc1-c1nnc(-c2ccc(C(=O)NCC3(N4CCSCC4)CCCC3)cc2)o1. The fourth-order valence-electron chi connectivity index (χ4n) is 5.05. The van der Waals surface area contributed by atoms with Crippen LogP contribution in [0.2, 0.25) is 0 Å². The highest BCUT2D eigenvalue weighted by atomic mass is 32.2. The van der Waals surface area contributed by atoms with Crippen LogP contribution in [-0.2, 0) is 0 Å². The molecule has 33 heavy (non-hydrogen) atoms. The first-order valence-corrected chi connectivity index (χ1v) is 12.9. The van der Waals surface area contributed by atoms with Crippen LogP contribution in [0.15, 0.2) is 52.9 Å². The van der Waals surface area contributed by atoms with Gasteiger partial charge in [0.05, 0.1) is 0 Å². The molecule has 1 saturated heterocycles. The Morgan fingerprint density at radius 3 is 2.45 bits per heavy atom. The smallest absolute Gasteiger partial charge is 0.251 e. The van der Waals surface area contributed by atoms with E-state index < -0.39 is 0 Å². The Balaban J connectivity index is 1.25. The number of nitrogens with zero attached hydrogens (tertiary/aromatic N) is 3. The second-order valence-electron chi connectivity index (χ2n) is 9.02. The standard InChI is InChI=1S/C26H30N4O2S/c1-19-6-2-3-7-22(19)25-29-28-24(32-25)21-10-8-20(9-11-21)23(31)27-18-26(12-4-5-13-26)30-14-16-33-17-15-30/h2-3,6-11H,4-5,12-18H2,1H3,(H,27,31). The van der Waals surface area contributed by atoms with E-state index in [0.29, 0.717) is 17.3 Å². The average Bonchev–Trinajstić information content (AvgIpc) is 3.55. The number of rotatable bonds is 6. The molecule has 2 aliphatic rings. The van der Waals surface area contributed by atoms with Crippen LogP contribution in [0.3, 0.4) is 0 Å². The summed E-state index contributed by atoms with van der Waals surface area (Å²) >= 11 is 2.03. The van der Waals surface area contributed by atoms with Gasteiger partial charge in [0.1, 0.15) is 0 Å². The van der Waals surface area contributed by atoms with Crippen LogP contribution in [0.5, 0.6) is 0 Å². The predicted molar refractivity (Wildman–Crippen MR) is 132 cm³/mol. The summed E-state index contributed by atoms with van der Waals surface area (Å²) < 4.78 is 5.90. The minimum absolute atomic E-state index is 0.0228. The predicted octanol–water partition coefficient (Wildman–Crippen LogP) is 4.80. The molecule has 172 valence electrons. The van der Waals surface area contributed by atoms with Gasteiger partial charge in [-0.3, -0.25) is 9.69 Å². The maximum atomic E-state index is 12.9. The average molecular weight is 463 g/mol. The lowest BCUT2D eigenvalue weighted by Crippen LogP contribution is -2.56. The maximum absolute atomic E-state index is 12.9. The zero-order chi connectivity index (χ0) is 22.7. The van der Waals surface area contributed by atoms with Crippen LogP contribution in [0, 0.1) is 6.92 Å². The number of carbonyl (C=O) groups excluding carboxylic acids is 1. The van der Waals surface area contributed by atoms with E-state index in [9.17, 15) is 4.79 Å². The largest absolute Gasteiger partial charge is 0.416 e. The first-order chi connectivity index (χ1) is 16.1. The van der Waals surface area contributed by atoms with Gasteiger partial charge in [0.15, 0.2) is 0 Å². The Hall–Kier alpha value is -2.64. The molecule has 5 rings (SSSR count). The number of carbonyl (C=O) groups is 1. The molecule has 1 aliphatic heterocycles. The van der Waals surface area contributed by atoms with Crippen molar-refractivity contribution in [3.8, 4) is 22.9 Å². The second kappa shape index (κ2) is 9.69. The van der Waals surface area contributed by atoms with Crippen LogP contribution < -0.4 is 5.32 Å². The highest BCUT2D eigenvalue weighted by molar-refractivity contribution is 7.99. The molecule has 1 aromatic heterocycles. The Kier molecular flexibility index (Phi) is 6.51. The van der Waals surface area contributed by atoms with E-state index in [1.54, 1.807) is 0 Å². The number of amides is 1. The summed E-state index contributed by atoms with van der Waals surface area (Å²) in [4.78, 5) is 15.5. The first kappa shape index (κ1) is 22.2. The van der Waals surface area contributed by atoms with Gasteiger partial charge >= 0.3 is 0 Å². The molecule has 2 heterocycles. The molecule has 0 bridgehead atoms. The summed E-state index contributed by atoms with van der Waals surface area (Å²) in [6.07, 6.45) is 4.86. The highest BCUT2D eigenvalue weighted by Gasteiger charge is 2.40. The fraction of sp³-hybridized carbons (Fsp3) is 0.423. The molecular weight excluding hydrogens is 432 g/mol. The van der Waals surface area contributed by atoms with Crippen LogP contribution in [0.25, 0.3) is 22.9 Å². The van der Waals surface area contributed by atoms with E-state index >= 15 is 0 Å². The Morgan fingerprint density at radius 2 is 1.73 bits per heavy atom. The molecule has 2 fully saturated rings. The molecule has 1 amide bonds. The van der Waals surface area contributed by atoms with E-state index in [2.05, 4.69) is 20.4 Å². The molecular formula is C26H30N4O2S. The quantitative estimate of drug-likeness (QED) is 0.567. The van der Waals surface area contributed by atoms with Crippen molar-refractivity contribution in [1.29, 1.82) is 0 Å². The fourth-order valence-corrected chi connectivity index (χ4v) is 5.95. The van der Waals surface area contributed by atoms with Gasteiger partial charge in [0, 0.05) is 53.4 Å². The number of benzene rings is 2. The van der Waals surface area contributed by atoms with Crippen molar-refractivity contribution in [3.05, 3.63) is 59.7 Å². The first-order valence-electron chi connectivity index (χ1n) is 11.8. The number of nitrogens with one attached hydrogen (secondary N) is 1. The number of aryl methyl sites for hydroxylation is 1. The molecule has 0 spiro atoms. The molecule has 0 radical (unpaired) electrons. The third-order valence-electron chi connectivity index (χ3n) is 6.99. The van der Waals surface area contributed by atoms with Crippen molar-refractivity contribution in [3.63, 3.8) is 0 Å². The van der Waals surface area contributed by atoms with Gasteiger partial charge in [-0.2, -0.15) is 11.8 Å². The summed E-state index contributed by atoms with van der Waals surface area (Å²) in [5.41, 5.74) is 3.60. The molecule has 6 nitrogen and oxygen atoms in total. The summed E-state index contributed by atoms with van der Waals surface area (Å²) in [5, 5.41) is 11.6. The Morgan fingerprint density at radius 1 is 1.03 bits per heavy atom. The molecule has 3 aromatic rings. The van der Waals surface area contributed by atoms with Gasteiger partial charge in [-0.05, 0) is 55.7 Å². The minimum atomic E-state index is -0.0228. The van der Waals surface area contributed by atoms with Crippen molar-refractivity contribution in [2.24, 2.45) is 0 Å². The molecule has 1 N–H and O–H groups in total. The molecule has 1 aliphatic carbocycles. The third-order valence-corrected chi connectivity index (χ3v) is 7.93. The molecule has 1 saturated carbocycles. The summed E-state index contributed by atoms with van der Waals surface area (Å²) in [7, 11) is 0. The van der Waals surface area contributed by atoms with E-state index in [1.807, 2.05) is 67.2 Å². The van der Waals surface area contributed by atoms with Gasteiger partial charge in [0.25, 0.3) is 5.91 Å². The number of hydrogen-bond donors (Lipinski definition) is 1. The van der Waals surface area contributed by atoms with Gasteiger partial charge in [-0.25, -0.2) is 0 Å². The van der Waals surface area contributed by atoms with E-state index in [0.717, 1.165) is 36.3 Å². The normalized spacial score (nSPS) is 18.3. The van der Waals surface area contributed by atoms with Crippen LogP contribution in [0.4, 0.5) is 0 Å². The number of hydrogen-bond acceptors (Lipinski definition) is 6. The van der Waals surface area contributed by atoms with E-state index in [-0.39, 0.29) is 11.4 Å². The zero-order valence-electron chi connectivity index (χ0n) is 19.0. The van der Waals surface area contributed by atoms with Crippen molar-refractivity contribution >= 4 is 17.7 Å². The van der Waals surface area contributed by atoms with Crippen LogP contribution in [-0.4, -0.2) is 57.7 Å². The van der Waals surface area contributed by atoms with Gasteiger partial charge in [-0.15, -0.1) is 10.2 Å². The molecule has 2 aromatic carbocycles. The maximum Gasteiger partial charge on any atom is 0.251 e. The van der Waals surface area contributed by atoms with Gasteiger partial charge in [-0.1, -0.05) is 31.0 Å². The van der Waals surface area contributed by atoms with Crippen molar-refractivity contribution < 1.29 is 9.21 Å². The lowest BCUT2D eigenvalue weighted by atomic mass is 9.94. The van der Waals surface area contributed by atoms with Gasteiger partial charge in [0.2, 0.25) is 11.8 Å². The lowest BCUT2D eigenvalue weighted by molar-refractivity contribution is 0.0817. The summed E-state index contributed by atoms with van der Waals surface area (Å²) in [5.74, 6) is 3.32. The monoisotopic (exact) mass is 462 g/mol. The Bertz CT molecular complexity index is 1100. The van der Waals surface area contributed by atoms with E-state index in [4.69, 9.17) is 4.42 Å². The number of thioether (sulfide) groups is 1. The van der Waals surface area contributed by atoms with Crippen LogP contribution >= 0.6 is 11.8 Å². The van der Waals surface area contributed by atoms with E-state index in [1.165, 1.54) is 37.2 Å². The minimum Gasteiger partial charge on any atom is -0.416 e. The number of aromatic nitrogens is 2. The summed E-state index contributed by atoms with van der Waals surface area (Å²) in [6, 6.07) is 15.4. The van der Waals surface area contributed by atoms with Gasteiger partial charge < -0.3 is 9.73 Å². The molecule has 0 atom stereocenters. The zero-order valence-corrected chi connectivity index (χ0v) is 19.9. The lowest BCUT2D eigenvalue weighted by Gasteiger charge is -2.43. The third kappa shape index (κ3) is 4.70. The van der Waals surface area contributed by atoms with Crippen LogP contribution in [0.1, 0.15) is 41.6 Å². The molecule has 0 unspecified atom stereocenters. The highest BCUT2D eigenvalue weighted by Crippen LogP contribution is 2.36. The van der Waals surface area contributed by atoms with Crippen molar-refractivity contribution in [2.45, 2.75) is 38.1 Å². The molecule has 7 heteroatoms. The Labute approximate surface area is 199 Å². The summed E-state index contributed by atoms with van der Waals surface area (Å²) in [6.45, 7) is 5.00. The van der Waals surface area contributed by atoms with Crippen molar-refractivity contribution in [2.75, 3.05) is 31.1 Å². The topological polar surface area (TPSA) is 71.3 Å². The van der Waals surface area contributed by atoms with Crippen molar-refractivity contribution in [1.82, 2.24) is 20.4 Å².